The van der Waals surface area contributed by atoms with Gasteiger partial charge in [0.2, 0.25) is 0 Å². The number of piperazine rings is 1. The zero-order valence-corrected chi connectivity index (χ0v) is 19.7. The lowest BCUT2D eigenvalue weighted by atomic mass is 10.2. The first-order valence-electron chi connectivity index (χ1n) is 10.2. The number of hydrogen-bond acceptors (Lipinski definition) is 5. The molecule has 2 heterocycles. The third-order valence-corrected chi connectivity index (χ3v) is 6.14. The van der Waals surface area contributed by atoms with Crippen LogP contribution in [-0.2, 0) is 0 Å². The highest BCUT2D eigenvalue weighted by atomic mass is 35.5. The Morgan fingerprint density at radius 1 is 0.939 bits per heavy atom. The molecule has 0 saturated carbocycles. The number of hydrogen-bond donors (Lipinski definition) is 2. The summed E-state index contributed by atoms with van der Waals surface area (Å²) in [5, 5.41) is 6.46. The summed E-state index contributed by atoms with van der Waals surface area (Å²) >= 11 is 17.1. The maximum Gasteiger partial charge on any atom is 0.289 e. The highest BCUT2D eigenvalue weighted by Crippen LogP contribution is 2.23. The van der Waals surface area contributed by atoms with Gasteiger partial charge in [0, 0.05) is 43.1 Å². The van der Waals surface area contributed by atoms with Gasteiger partial charge in [-0.3, -0.25) is 14.9 Å². The van der Waals surface area contributed by atoms with Gasteiger partial charge in [-0.1, -0.05) is 23.2 Å². The standard InChI is InChI=1S/C23H20Cl2N4O3S/c24-18-8-3-15(14-19(18)25)21(30)27-23(33)26-16-4-6-17(7-5-16)28-9-11-29(12-10-28)22(31)20-2-1-13-32-20/h1-8,13-14H,9-12H2,(H2,26,27,30,33). The number of anilines is 2. The number of amides is 2. The predicted molar refractivity (Wildman–Crippen MR) is 133 cm³/mol. The average Bonchev–Trinajstić information content (AvgIpc) is 3.36. The van der Waals surface area contributed by atoms with Gasteiger partial charge in [0.1, 0.15) is 0 Å². The van der Waals surface area contributed by atoms with E-state index in [1.807, 2.05) is 24.3 Å². The predicted octanol–water partition coefficient (Wildman–Crippen LogP) is 4.68. The van der Waals surface area contributed by atoms with E-state index in [0.717, 1.165) is 24.5 Å². The first-order chi connectivity index (χ1) is 15.9. The Morgan fingerprint density at radius 3 is 2.30 bits per heavy atom. The average molecular weight is 503 g/mol. The number of thiocarbonyl (C=S) groups is 1. The summed E-state index contributed by atoms with van der Waals surface area (Å²) < 4.78 is 5.20. The molecule has 3 aromatic rings. The van der Waals surface area contributed by atoms with E-state index in [4.69, 9.17) is 39.8 Å². The van der Waals surface area contributed by atoms with Crippen LogP contribution >= 0.6 is 35.4 Å². The molecule has 2 amide bonds. The van der Waals surface area contributed by atoms with Crippen molar-refractivity contribution in [1.29, 1.82) is 0 Å². The molecule has 0 unspecified atom stereocenters. The smallest absolute Gasteiger partial charge is 0.289 e. The van der Waals surface area contributed by atoms with Gasteiger partial charge in [-0.15, -0.1) is 0 Å². The lowest BCUT2D eigenvalue weighted by Gasteiger charge is -2.35. The Kier molecular flexibility index (Phi) is 7.17. The van der Waals surface area contributed by atoms with E-state index >= 15 is 0 Å². The molecular weight excluding hydrogens is 483 g/mol. The number of halogens is 2. The molecule has 0 aliphatic carbocycles. The molecule has 2 aromatic carbocycles. The topological polar surface area (TPSA) is 77.8 Å². The summed E-state index contributed by atoms with van der Waals surface area (Å²) in [6.45, 7) is 2.67. The second-order valence-electron chi connectivity index (χ2n) is 7.34. The highest BCUT2D eigenvalue weighted by molar-refractivity contribution is 7.80. The van der Waals surface area contributed by atoms with E-state index in [1.165, 1.54) is 12.3 Å². The molecule has 0 bridgehead atoms. The number of rotatable bonds is 4. The summed E-state index contributed by atoms with van der Waals surface area (Å²) in [4.78, 5) is 28.7. The van der Waals surface area contributed by atoms with Crippen LogP contribution < -0.4 is 15.5 Å². The molecule has 10 heteroatoms. The lowest BCUT2D eigenvalue weighted by molar-refractivity contribution is 0.0714. The minimum Gasteiger partial charge on any atom is -0.459 e. The van der Waals surface area contributed by atoms with Crippen LogP contribution in [0.2, 0.25) is 10.0 Å². The summed E-state index contributed by atoms with van der Waals surface area (Å²) in [6, 6.07) is 15.7. The van der Waals surface area contributed by atoms with E-state index in [-0.39, 0.29) is 16.9 Å². The maximum atomic E-state index is 12.4. The van der Waals surface area contributed by atoms with Crippen molar-refractivity contribution < 1.29 is 14.0 Å². The van der Waals surface area contributed by atoms with Gasteiger partial charge >= 0.3 is 0 Å². The largest absolute Gasteiger partial charge is 0.459 e. The van der Waals surface area contributed by atoms with Gasteiger partial charge < -0.3 is 19.5 Å². The summed E-state index contributed by atoms with van der Waals surface area (Å²) in [7, 11) is 0. The molecule has 7 nitrogen and oxygen atoms in total. The molecular formula is C23H20Cl2N4O3S. The number of furan rings is 1. The third-order valence-electron chi connectivity index (χ3n) is 5.20. The van der Waals surface area contributed by atoms with Crippen molar-refractivity contribution in [3.8, 4) is 0 Å². The molecule has 1 aliphatic rings. The summed E-state index contributed by atoms with van der Waals surface area (Å²) in [5.41, 5.74) is 2.13. The Balaban J connectivity index is 1.28. The van der Waals surface area contributed by atoms with Crippen LogP contribution in [0, 0.1) is 0 Å². The van der Waals surface area contributed by atoms with Crippen molar-refractivity contribution in [3.05, 3.63) is 82.2 Å². The van der Waals surface area contributed by atoms with E-state index < -0.39 is 0 Å². The van der Waals surface area contributed by atoms with E-state index in [1.54, 1.807) is 29.2 Å². The molecule has 2 N–H and O–H groups in total. The number of nitrogens with zero attached hydrogens (tertiary/aromatic N) is 2. The molecule has 1 fully saturated rings. The van der Waals surface area contributed by atoms with Crippen molar-refractivity contribution in [2.24, 2.45) is 0 Å². The van der Waals surface area contributed by atoms with Crippen LogP contribution in [0.5, 0.6) is 0 Å². The molecule has 0 radical (unpaired) electrons. The molecule has 1 aliphatic heterocycles. The molecule has 0 atom stereocenters. The van der Waals surface area contributed by atoms with Gasteiger partial charge in [-0.25, -0.2) is 0 Å². The SMILES string of the molecule is O=C(NC(=S)Nc1ccc(N2CCN(C(=O)c3ccco3)CC2)cc1)c1ccc(Cl)c(Cl)c1. The second kappa shape index (κ2) is 10.2. The molecule has 1 aromatic heterocycles. The molecule has 4 rings (SSSR count). The Labute approximate surface area is 206 Å². The van der Waals surface area contributed by atoms with Crippen molar-refractivity contribution in [3.63, 3.8) is 0 Å². The minimum atomic E-state index is -0.385. The van der Waals surface area contributed by atoms with Crippen molar-refractivity contribution in [2.75, 3.05) is 36.4 Å². The van der Waals surface area contributed by atoms with Gasteiger partial charge in [-0.05, 0) is 66.8 Å². The van der Waals surface area contributed by atoms with Crippen LogP contribution in [-0.4, -0.2) is 48.0 Å². The number of carbonyl (C=O) groups is 2. The Morgan fingerprint density at radius 2 is 1.67 bits per heavy atom. The molecule has 170 valence electrons. The fourth-order valence-electron chi connectivity index (χ4n) is 3.45. The van der Waals surface area contributed by atoms with Gasteiger partial charge in [0.15, 0.2) is 10.9 Å². The molecule has 33 heavy (non-hydrogen) atoms. The van der Waals surface area contributed by atoms with Crippen molar-refractivity contribution in [2.45, 2.75) is 0 Å². The Bertz CT molecular complexity index is 1160. The molecule has 1 saturated heterocycles. The lowest BCUT2D eigenvalue weighted by Crippen LogP contribution is -2.48. The fourth-order valence-corrected chi connectivity index (χ4v) is 3.96. The van der Waals surface area contributed by atoms with Crippen molar-refractivity contribution >= 4 is 63.7 Å². The van der Waals surface area contributed by atoms with Crippen molar-refractivity contribution in [1.82, 2.24) is 10.2 Å². The van der Waals surface area contributed by atoms with Gasteiger partial charge in [0.25, 0.3) is 11.8 Å². The van der Waals surface area contributed by atoms with Crippen LogP contribution in [0.15, 0.2) is 65.3 Å². The van der Waals surface area contributed by atoms with E-state index in [2.05, 4.69) is 15.5 Å². The highest BCUT2D eigenvalue weighted by Gasteiger charge is 2.23. The monoisotopic (exact) mass is 502 g/mol. The molecule has 0 spiro atoms. The second-order valence-corrected chi connectivity index (χ2v) is 8.56. The summed E-state index contributed by atoms with van der Waals surface area (Å²) in [5.74, 6) is -0.110. The van der Waals surface area contributed by atoms with Gasteiger partial charge in [0.05, 0.1) is 16.3 Å². The fraction of sp³-hybridized carbons (Fsp3) is 0.174. The minimum absolute atomic E-state index is 0.0874. The van der Waals surface area contributed by atoms with Crippen LogP contribution in [0.4, 0.5) is 11.4 Å². The number of nitrogens with one attached hydrogen (secondary N) is 2. The normalized spacial score (nSPS) is 13.5. The first kappa shape index (κ1) is 23.1. The van der Waals surface area contributed by atoms with Crippen LogP contribution in [0.25, 0.3) is 0 Å². The first-order valence-corrected chi connectivity index (χ1v) is 11.3. The van der Waals surface area contributed by atoms with Crippen LogP contribution in [0.1, 0.15) is 20.9 Å². The maximum absolute atomic E-state index is 12.4. The Hall–Kier alpha value is -3.07. The van der Waals surface area contributed by atoms with Crippen LogP contribution in [0.3, 0.4) is 0 Å². The van der Waals surface area contributed by atoms with Gasteiger partial charge in [-0.2, -0.15) is 0 Å². The van der Waals surface area contributed by atoms with E-state index in [0.29, 0.717) is 34.5 Å². The zero-order valence-electron chi connectivity index (χ0n) is 17.4. The quantitative estimate of drug-likeness (QED) is 0.504. The third kappa shape index (κ3) is 5.65. The number of benzene rings is 2. The zero-order chi connectivity index (χ0) is 23.4. The number of carbonyl (C=O) groups excluding carboxylic acids is 2. The van der Waals surface area contributed by atoms with E-state index in [9.17, 15) is 9.59 Å². The summed E-state index contributed by atoms with van der Waals surface area (Å²) in [6.07, 6.45) is 1.50.